The minimum atomic E-state index is -0.223. The normalized spacial score (nSPS) is 16.3. The zero-order chi connectivity index (χ0) is 15.2. The third-order valence-corrected chi connectivity index (χ3v) is 4.41. The molecule has 118 valence electrons. The maximum absolute atomic E-state index is 12.0. The van der Waals surface area contributed by atoms with E-state index in [1.165, 1.54) is 63.0 Å². The van der Waals surface area contributed by atoms with Gasteiger partial charge in [-0.3, -0.25) is 13.9 Å². The van der Waals surface area contributed by atoms with Crippen molar-refractivity contribution in [1.82, 2.24) is 14.0 Å². The fourth-order valence-electron chi connectivity index (χ4n) is 3.02. The number of likely N-dealkylation sites (tertiary alicyclic amines) is 1. The summed E-state index contributed by atoms with van der Waals surface area (Å²) in [7, 11) is 1.54. The van der Waals surface area contributed by atoms with Gasteiger partial charge in [-0.05, 0) is 52.2 Å². The van der Waals surface area contributed by atoms with Crippen molar-refractivity contribution >= 4 is 0 Å². The molecule has 5 nitrogen and oxygen atoms in total. The van der Waals surface area contributed by atoms with Crippen molar-refractivity contribution < 1.29 is 0 Å². The summed E-state index contributed by atoms with van der Waals surface area (Å²) in [6, 6.07) is 1.54. The molecule has 0 amide bonds. The average molecular weight is 293 g/mol. The van der Waals surface area contributed by atoms with Gasteiger partial charge in [-0.2, -0.15) is 0 Å². The Morgan fingerprint density at radius 2 is 1.67 bits per heavy atom. The van der Waals surface area contributed by atoms with Crippen LogP contribution in [0.3, 0.4) is 0 Å². The molecule has 1 aliphatic heterocycles. The summed E-state index contributed by atoms with van der Waals surface area (Å²) in [4.78, 5) is 26.1. The van der Waals surface area contributed by atoms with E-state index in [0.29, 0.717) is 6.54 Å². The standard InChI is InChI=1S/C16H27N3O2/c1-14-13-15(20)17(2)16(21)19(14)12-8-4-7-11-18-9-5-3-6-10-18/h13H,3-12H2,1-2H3. The van der Waals surface area contributed by atoms with E-state index in [2.05, 4.69) is 4.90 Å². The highest BCUT2D eigenvalue weighted by molar-refractivity contribution is 4.99. The minimum absolute atomic E-state index is 0.198. The van der Waals surface area contributed by atoms with Crippen molar-refractivity contribution in [2.24, 2.45) is 7.05 Å². The summed E-state index contributed by atoms with van der Waals surface area (Å²) in [5.74, 6) is 0. The summed E-state index contributed by atoms with van der Waals surface area (Å²) in [5.41, 5.74) is 0.342. The van der Waals surface area contributed by atoms with Crippen LogP contribution >= 0.6 is 0 Å². The second-order valence-electron chi connectivity index (χ2n) is 6.08. The first-order chi connectivity index (χ1) is 10.1. The Kier molecular flexibility index (Phi) is 5.79. The van der Waals surface area contributed by atoms with Crippen molar-refractivity contribution in [3.63, 3.8) is 0 Å². The number of rotatable bonds is 6. The van der Waals surface area contributed by atoms with Gasteiger partial charge < -0.3 is 4.90 Å². The van der Waals surface area contributed by atoms with Gasteiger partial charge in [-0.1, -0.05) is 12.8 Å². The van der Waals surface area contributed by atoms with E-state index in [1.807, 2.05) is 6.92 Å². The molecule has 2 heterocycles. The Balaban J connectivity index is 1.77. The van der Waals surface area contributed by atoms with Gasteiger partial charge in [0.1, 0.15) is 0 Å². The van der Waals surface area contributed by atoms with E-state index in [1.54, 1.807) is 4.57 Å². The van der Waals surface area contributed by atoms with E-state index < -0.39 is 0 Å². The zero-order valence-electron chi connectivity index (χ0n) is 13.3. The van der Waals surface area contributed by atoms with Gasteiger partial charge in [0.05, 0.1) is 0 Å². The predicted molar refractivity (Wildman–Crippen MR) is 84.8 cm³/mol. The smallest absolute Gasteiger partial charge is 0.303 e. The second kappa shape index (κ2) is 7.59. The molecular formula is C16H27N3O2. The van der Waals surface area contributed by atoms with E-state index in [0.717, 1.165) is 18.5 Å². The monoisotopic (exact) mass is 293 g/mol. The Morgan fingerprint density at radius 1 is 1.00 bits per heavy atom. The third kappa shape index (κ3) is 4.30. The van der Waals surface area contributed by atoms with Gasteiger partial charge in [0.25, 0.3) is 5.56 Å². The molecule has 1 aromatic rings. The molecule has 0 radical (unpaired) electrons. The van der Waals surface area contributed by atoms with E-state index in [4.69, 9.17) is 0 Å². The fraction of sp³-hybridized carbons (Fsp3) is 0.750. The van der Waals surface area contributed by atoms with Crippen molar-refractivity contribution in [3.05, 3.63) is 32.6 Å². The van der Waals surface area contributed by atoms with E-state index in [-0.39, 0.29) is 11.2 Å². The Bertz CT molecular complexity index is 568. The molecular weight excluding hydrogens is 266 g/mol. The lowest BCUT2D eigenvalue weighted by atomic mass is 10.1. The van der Waals surface area contributed by atoms with Gasteiger partial charge in [-0.25, -0.2) is 4.79 Å². The minimum Gasteiger partial charge on any atom is -0.303 e. The predicted octanol–water partition coefficient (Wildman–Crippen LogP) is 1.51. The van der Waals surface area contributed by atoms with Crippen molar-refractivity contribution in [1.29, 1.82) is 0 Å². The molecule has 1 aliphatic rings. The molecule has 0 saturated carbocycles. The molecule has 2 rings (SSSR count). The van der Waals surface area contributed by atoms with Crippen LogP contribution in [0.1, 0.15) is 44.2 Å². The van der Waals surface area contributed by atoms with Crippen LogP contribution in [0.25, 0.3) is 0 Å². The summed E-state index contributed by atoms with van der Waals surface area (Å²) < 4.78 is 2.89. The number of hydrogen-bond donors (Lipinski definition) is 0. The van der Waals surface area contributed by atoms with Crippen LogP contribution in [0.15, 0.2) is 15.7 Å². The lowest BCUT2D eigenvalue weighted by molar-refractivity contribution is 0.224. The summed E-state index contributed by atoms with van der Waals surface area (Å²) in [6.07, 6.45) is 7.38. The number of aromatic nitrogens is 2. The van der Waals surface area contributed by atoms with Crippen LogP contribution < -0.4 is 11.2 Å². The van der Waals surface area contributed by atoms with Crippen LogP contribution in [0, 0.1) is 6.92 Å². The molecule has 0 aromatic carbocycles. The number of aryl methyl sites for hydroxylation is 1. The van der Waals surface area contributed by atoms with Gasteiger partial charge in [-0.15, -0.1) is 0 Å². The first-order valence-corrected chi connectivity index (χ1v) is 8.09. The highest BCUT2D eigenvalue weighted by Gasteiger charge is 2.09. The maximum atomic E-state index is 12.0. The SMILES string of the molecule is Cc1cc(=O)n(C)c(=O)n1CCCCCN1CCCCC1. The topological polar surface area (TPSA) is 47.2 Å². The highest BCUT2D eigenvalue weighted by Crippen LogP contribution is 2.10. The molecule has 1 aromatic heterocycles. The Morgan fingerprint density at radius 3 is 2.38 bits per heavy atom. The Labute approximate surface area is 126 Å². The molecule has 0 unspecified atom stereocenters. The summed E-state index contributed by atoms with van der Waals surface area (Å²) in [6.45, 7) is 6.22. The van der Waals surface area contributed by atoms with Gasteiger partial charge >= 0.3 is 5.69 Å². The van der Waals surface area contributed by atoms with Crippen LogP contribution in [0.5, 0.6) is 0 Å². The largest absolute Gasteiger partial charge is 0.330 e. The summed E-state index contributed by atoms with van der Waals surface area (Å²) in [5, 5.41) is 0. The molecule has 0 spiro atoms. The number of hydrogen-bond acceptors (Lipinski definition) is 3. The lowest BCUT2D eigenvalue weighted by Crippen LogP contribution is -2.38. The molecule has 21 heavy (non-hydrogen) atoms. The molecule has 1 saturated heterocycles. The first kappa shape index (κ1) is 16.0. The van der Waals surface area contributed by atoms with Gasteiger partial charge in [0, 0.05) is 25.4 Å². The van der Waals surface area contributed by atoms with Crippen LogP contribution in [-0.2, 0) is 13.6 Å². The second-order valence-corrected chi connectivity index (χ2v) is 6.08. The molecule has 0 N–H and O–H groups in total. The first-order valence-electron chi connectivity index (χ1n) is 8.09. The fourth-order valence-corrected chi connectivity index (χ4v) is 3.02. The van der Waals surface area contributed by atoms with Gasteiger partial charge in [0.2, 0.25) is 0 Å². The van der Waals surface area contributed by atoms with Crippen molar-refractivity contribution in [3.8, 4) is 0 Å². The quantitative estimate of drug-likeness (QED) is 0.747. The van der Waals surface area contributed by atoms with Crippen molar-refractivity contribution in [2.45, 2.75) is 52.0 Å². The molecule has 5 heteroatoms. The molecule has 0 bridgehead atoms. The van der Waals surface area contributed by atoms with Crippen LogP contribution in [-0.4, -0.2) is 33.7 Å². The lowest BCUT2D eigenvalue weighted by Gasteiger charge is -2.26. The van der Waals surface area contributed by atoms with E-state index >= 15 is 0 Å². The zero-order valence-corrected chi connectivity index (χ0v) is 13.3. The molecule has 0 aliphatic carbocycles. The molecule has 0 atom stereocenters. The number of unbranched alkanes of at least 4 members (excludes halogenated alkanes) is 2. The van der Waals surface area contributed by atoms with Gasteiger partial charge in [0.15, 0.2) is 0 Å². The van der Waals surface area contributed by atoms with Crippen molar-refractivity contribution in [2.75, 3.05) is 19.6 Å². The van der Waals surface area contributed by atoms with E-state index in [9.17, 15) is 9.59 Å². The maximum Gasteiger partial charge on any atom is 0.330 e. The third-order valence-electron chi connectivity index (χ3n) is 4.41. The molecule has 1 fully saturated rings. The van der Waals surface area contributed by atoms with Crippen LogP contribution in [0.2, 0.25) is 0 Å². The average Bonchev–Trinajstić information content (AvgIpc) is 2.49. The highest BCUT2D eigenvalue weighted by atomic mass is 16.2. The summed E-state index contributed by atoms with van der Waals surface area (Å²) >= 11 is 0. The Hall–Kier alpha value is -1.36. The van der Waals surface area contributed by atoms with Crippen LogP contribution in [0.4, 0.5) is 0 Å². The number of nitrogens with zero attached hydrogens (tertiary/aromatic N) is 3. The number of piperidine rings is 1.